The first-order chi connectivity index (χ1) is 13.8. The van der Waals surface area contributed by atoms with E-state index < -0.39 is 5.91 Å². The van der Waals surface area contributed by atoms with Gasteiger partial charge in [0.25, 0.3) is 5.91 Å². The lowest BCUT2D eigenvalue weighted by atomic mass is 10.2. The molecule has 0 fully saturated rings. The van der Waals surface area contributed by atoms with Crippen LogP contribution in [-0.4, -0.2) is 27.3 Å². The zero-order valence-corrected chi connectivity index (χ0v) is 17.3. The van der Waals surface area contributed by atoms with Crippen LogP contribution < -0.4 is 10.9 Å². The third kappa shape index (κ3) is 5.16. The van der Waals surface area contributed by atoms with Crippen LogP contribution in [0.1, 0.15) is 21.7 Å². The SMILES string of the molecule is Cc1nn(-c2ccc(F)cc2)c(C)c1C(=O)NNC(=O)CSc1ccc(Cl)cc1. The maximum atomic E-state index is 13.1. The van der Waals surface area contributed by atoms with E-state index in [0.29, 0.717) is 27.7 Å². The van der Waals surface area contributed by atoms with Crippen LogP contribution in [0.2, 0.25) is 5.02 Å². The maximum absolute atomic E-state index is 13.1. The number of hydrazine groups is 1. The van der Waals surface area contributed by atoms with Crippen LogP contribution in [-0.2, 0) is 4.79 Å². The van der Waals surface area contributed by atoms with E-state index >= 15 is 0 Å². The zero-order chi connectivity index (χ0) is 21.0. The van der Waals surface area contributed by atoms with Gasteiger partial charge < -0.3 is 0 Å². The number of rotatable bonds is 5. The van der Waals surface area contributed by atoms with Gasteiger partial charge in [0.1, 0.15) is 5.82 Å². The predicted molar refractivity (Wildman–Crippen MR) is 111 cm³/mol. The average molecular weight is 433 g/mol. The van der Waals surface area contributed by atoms with Crippen LogP contribution in [0.3, 0.4) is 0 Å². The molecule has 2 amide bonds. The Labute approximate surface area is 176 Å². The summed E-state index contributed by atoms with van der Waals surface area (Å²) in [5.41, 5.74) is 6.87. The van der Waals surface area contributed by atoms with Crippen molar-refractivity contribution in [3.63, 3.8) is 0 Å². The molecule has 0 aliphatic rings. The number of halogens is 2. The summed E-state index contributed by atoms with van der Waals surface area (Å²) in [5.74, 6) is -1.04. The molecule has 1 aromatic heterocycles. The summed E-state index contributed by atoms with van der Waals surface area (Å²) < 4.78 is 14.7. The summed E-state index contributed by atoms with van der Waals surface area (Å²) in [4.78, 5) is 25.5. The van der Waals surface area contributed by atoms with Crippen LogP contribution in [0.15, 0.2) is 53.4 Å². The highest BCUT2D eigenvalue weighted by Crippen LogP contribution is 2.20. The average Bonchev–Trinajstić information content (AvgIpc) is 3.00. The van der Waals surface area contributed by atoms with Crippen LogP contribution in [0, 0.1) is 19.7 Å². The standard InChI is InChI=1S/C20H18ClFN4O2S/c1-12-19(13(2)26(25-12)16-7-5-15(22)6-8-16)20(28)24-23-18(27)11-29-17-9-3-14(21)4-10-17/h3-10H,11H2,1-2H3,(H,23,27)(H,24,28). The molecule has 9 heteroatoms. The van der Waals surface area contributed by atoms with Gasteiger partial charge in [-0.2, -0.15) is 5.10 Å². The molecule has 0 radical (unpaired) electrons. The molecule has 2 N–H and O–H groups in total. The molecule has 0 saturated heterocycles. The minimum atomic E-state index is -0.474. The highest BCUT2D eigenvalue weighted by atomic mass is 35.5. The number of aromatic nitrogens is 2. The van der Waals surface area contributed by atoms with Crippen LogP contribution >= 0.6 is 23.4 Å². The molecule has 3 rings (SSSR count). The molecule has 0 atom stereocenters. The number of amides is 2. The Bertz CT molecular complexity index is 1040. The topological polar surface area (TPSA) is 76.0 Å². The normalized spacial score (nSPS) is 10.6. The van der Waals surface area contributed by atoms with Gasteiger partial charge in [0.2, 0.25) is 5.91 Å². The van der Waals surface area contributed by atoms with Gasteiger partial charge in [-0.3, -0.25) is 20.4 Å². The van der Waals surface area contributed by atoms with E-state index in [9.17, 15) is 14.0 Å². The van der Waals surface area contributed by atoms with Crippen molar-refractivity contribution in [1.82, 2.24) is 20.6 Å². The quantitative estimate of drug-likeness (QED) is 0.474. The number of carbonyl (C=O) groups excluding carboxylic acids is 2. The largest absolute Gasteiger partial charge is 0.273 e. The fourth-order valence-electron chi connectivity index (χ4n) is 2.71. The molecule has 6 nitrogen and oxygen atoms in total. The molecule has 1 heterocycles. The van der Waals surface area contributed by atoms with Gasteiger partial charge in [-0.1, -0.05) is 11.6 Å². The van der Waals surface area contributed by atoms with Gasteiger partial charge in [-0.05, 0) is 62.4 Å². The number of nitrogens with zero attached hydrogens (tertiary/aromatic N) is 2. The number of aryl methyl sites for hydroxylation is 1. The zero-order valence-electron chi connectivity index (χ0n) is 15.7. The van der Waals surface area contributed by atoms with E-state index in [-0.39, 0.29) is 17.5 Å². The van der Waals surface area contributed by atoms with Crippen LogP contribution in [0.25, 0.3) is 5.69 Å². The Morgan fingerprint density at radius 1 is 1.07 bits per heavy atom. The summed E-state index contributed by atoms with van der Waals surface area (Å²) >= 11 is 7.16. The third-order valence-corrected chi connectivity index (χ3v) is 5.35. The number of benzene rings is 2. The van der Waals surface area contributed by atoms with Gasteiger partial charge >= 0.3 is 0 Å². The minimum Gasteiger partial charge on any atom is -0.272 e. The van der Waals surface area contributed by atoms with Crippen LogP contribution in [0.4, 0.5) is 4.39 Å². The minimum absolute atomic E-state index is 0.134. The number of hydrogen-bond acceptors (Lipinski definition) is 4. The van der Waals surface area contributed by atoms with Crippen molar-refractivity contribution in [2.24, 2.45) is 0 Å². The Morgan fingerprint density at radius 2 is 1.72 bits per heavy atom. The van der Waals surface area contributed by atoms with Crippen molar-refractivity contribution in [3.8, 4) is 5.69 Å². The van der Waals surface area contributed by atoms with Gasteiger partial charge in [-0.25, -0.2) is 9.07 Å². The van der Waals surface area contributed by atoms with E-state index in [1.54, 1.807) is 42.8 Å². The smallest absolute Gasteiger partial charge is 0.272 e. The molecular weight excluding hydrogens is 415 g/mol. The molecule has 2 aromatic carbocycles. The monoisotopic (exact) mass is 432 g/mol. The number of carbonyl (C=O) groups is 2. The lowest BCUT2D eigenvalue weighted by molar-refractivity contribution is -0.119. The molecule has 150 valence electrons. The van der Waals surface area contributed by atoms with Crippen molar-refractivity contribution in [1.29, 1.82) is 0 Å². The highest BCUT2D eigenvalue weighted by molar-refractivity contribution is 8.00. The van der Waals surface area contributed by atoms with Crippen molar-refractivity contribution >= 4 is 35.2 Å². The molecule has 0 bridgehead atoms. The second kappa shape index (κ2) is 9.11. The van der Waals surface area contributed by atoms with Gasteiger partial charge in [0.05, 0.1) is 28.4 Å². The summed E-state index contributed by atoms with van der Waals surface area (Å²) in [7, 11) is 0. The molecule has 0 aliphatic heterocycles. The van der Waals surface area contributed by atoms with Crippen LogP contribution in [0.5, 0.6) is 0 Å². The lowest BCUT2D eigenvalue weighted by Gasteiger charge is -2.08. The molecule has 0 aliphatic carbocycles. The van der Waals surface area contributed by atoms with E-state index in [2.05, 4.69) is 16.0 Å². The number of nitrogens with one attached hydrogen (secondary N) is 2. The van der Waals surface area contributed by atoms with E-state index in [4.69, 9.17) is 11.6 Å². The summed E-state index contributed by atoms with van der Waals surface area (Å²) in [6.45, 7) is 3.43. The van der Waals surface area contributed by atoms with Crippen molar-refractivity contribution in [3.05, 3.63) is 76.3 Å². The highest BCUT2D eigenvalue weighted by Gasteiger charge is 2.20. The first-order valence-corrected chi connectivity index (χ1v) is 10.0. The predicted octanol–water partition coefficient (Wildman–Crippen LogP) is 3.83. The second-order valence-electron chi connectivity index (χ2n) is 6.18. The number of thioether (sulfide) groups is 1. The molecule has 29 heavy (non-hydrogen) atoms. The fourth-order valence-corrected chi connectivity index (χ4v) is 3.53. The number of hydrogen-bond donors (Lipinski definition) is 2. The first kappa shape index (κ1) is 20.9. The maximum Gasteiger partial charge on any atom is 0.273 e. The van der Waals surface area contributed by atoms with E-state index in [1.165, 1.54) is 23.9 Å². The summed E-state index contributed by atoms with van der Waals surface area (Å²) in [5, 5.41) is 4.97. The third-order valence-electron chi connectivity index (χ3n) is 4.09. The molecular formula is C20H18ClFN4O2S. The summed E-state index contributed by atoms with van der Waals surface area (Å²) in [6, 6.07) is 12.9. The molecule has 0 spiro atoms. The van der Waals surface area contributed by atoms with Crippen molar-refractivity contribution in [2.45, 2.75) is 18.7 Å². The van der Waals surface area contributed by atoms with E-state index in [0.717, 1.165) is 4.90 Å². The summed E-state index contributed by atoms with van der Waals surface area (Å²) in [6.07, 6.45) is 0. The molecule has 0 saturated carbocycles. The van der Waals surface area contributed by atoms with Gasteiger partial charge in [0.15, 0.2) is 0 Å². The van der Waals surface area contributed by atoms with Gasteiger partial charge in [0, 0.05) is 9.92 Å². The van der Waals surface area contributed by atoms with Crippen molar-refractivity contribution < 1.29 is 14.0 Å². The Kier molecular flexibility index (Phi) is 6.56. The Morgan fingerprint density at radius 3 is 2.38 bits per heavy atom. The Hall–Kier alpha value is -2.84. The van der Waals surface area contributed by atoms with E-state index in [1.807, 2.05) is 12.1 Å². The molecule has 0 unspecified atom stereocenters. The molecule has 3 aromatic rings. The Balaban J connectivity index is 1.61. The second-order valence-corrected chi connectivity index (χ2v) is 7.66. The van der Waals surface area contributed by atoms with Crippen molar-refractivity contribution in [2.75, 3.05) is 5.75 Å². The van der Waals surface area contributed by atoms with Gasteiger partial charge in [-0.15, -0.1) is 11.8 Å². The fraction of sp³-hybridized carbons (Fsp3) is 0.150. The lowest BCUT2D eigenvalue weighted by Crippen LogP contribution is -2.42. The first-order valence-electron chi connectivity index (χ1n) is 8.65.